The molecule has 0 aliphatic heterocycles. The van der Waals surface area contributed by atoms with Crippen LogP contribution in [0.5, 0.6) is 5.75 Å². The number of unbranched alkanes of at least 4 members (excludes halogenated alkanes) is 1. The fraction of sp³-hybridized carbons (Fsp3) is 0.513. The molecule has 2 saturated carbocycles. The maximum atomic E-state index is 13.1. The predicted molar refractivity (Wildman–Crippen MR) is 201 cm³/mol. The summed E-state index contributed by atoms with van der Waals surface area (Å²) in [5.74, 6) is -0.773. The predicted octanol–water partition coefficient (Wildman–Crippen LogP) is 3.41. The van der Waals surface area contributed by atoms with Gasteiger partial charge in [0.05, 0.1) is 38.0 Å². The third-order valence-electron chi connectivity index (χ3n) is 9.75. The zero-order chi connectivity index (χ0) is 39.0. The molecule has 0 radical (unpaired) electrons. The van der Waals surface area contributed by atoms with E-state index in [1.54, 1.807) is 18.3 Å². The molecule has 54 heavy (non-hydrogen) atoms. The number of pyridine rings is 1. The van der Waals surface area contributed by atoms with Gasteiger partial charge in [-0.2, -0.15) is 0 Å². The molecule has 2 aliphatic rings. The van der Waals surface area contributed by atoms with Crippen LogP contribution in [0, 0.1) is 0 Å². The van der Waals surface area contributed by atoms with Crippen LogP contribution >= 0.6 is 23.2 Å². The maximum absolute atomic E-state index is 13.1. The second-order valence-corrected chi connectivity index (χ2v) is 15.0. The number of carbonyl (C=O) groups is 2. The molecule has 3 aromatic rings. The van der Waals surface area contributed by atoms with E-state index in [-0.39, 0.29) is 32.3 Å². The Morgan fingerprint density at radius 3 is 2.31 bits per heavy atom. The highest BCUT2D eigenvalue weighted by Crippen LogP contribution is 2.53. The zero-order valence-electron chi connectivity index (χ0n) is 30.2. The molecule has 0 saturated heterocycles. The van der Waals surface area contributed by atoms with Gasteiger partial charge in [-0.3, -0.25) is 19.5 Å². The van der Waals surface area contributed by atoms with Crippen molar-refractivity contribution in [1.82, 2.24) is 14.8 Å². The number of carboxylic acid groups (broad SMARTS) is 1. The summed E-state index contributed by atoms with van der Waals surface area (Å²) in [5.41, 5.74) is 4.04. The summed E-state index contributed by atoms with van der Waals surface area (Å²) in [6.45, 7) is -1.53. The van der Waals surface area contributed by atoms with Crippen LogP contribution in [0.15, 0.2) is 54.9 Å². The van der Waals surface area contributed by atoms with Crippen molar-refractivity contribution in [3.63, 3.8) is 0 Å². The highest BCUT2D eigenvalue weighted by molar-refractivity contribution is 6.34. The fourth-order valence-corrected chi connectivity index (χ4v) is 6.87. The van der Waals surface area contributed by atoms with Crippen LogP contribution in [-0.2, 0) is 33.0 Å². The van der Waals surface area contributed by atoms with Crippen molar-refractivity contribution in [2.45, 2.75) is 87.7 Å². The van der Waals surface area contributed by atoms with Crippen molar-refractivity contribution in [1.29, 1.82) is 0 Å². The first-order valence-electron chi connectivity index (χ1n) is 18.1. The number of amides is 1. The third-order valence-corrected chi connectivity index (χ3v) is 10.5. The fourth-order valence-electron chi connectivity index (χ4n) is 6.35. The van der Waals surface area contributed by atoms with Gasteiger partial charge in [-0.15, -0.1) is 0 Å². The first-order chi connectivity index (χ1) is 25.8. The number of nitrogens with zero attached hydrogens (tertiary/aromatic N) is 3. The van der Waals surface area contributed by atoms with Gasteiger partial charge in [0.2, 0.25) is 5.91 Å². The van der Waals surface area contributed by atoms with Gasteiger partial charge in [0, 0.05) is 46.7 Å². The standard InChI is InChI=1S/C39H49Cl2N3O10/c1-43(21-36(49)50)20-35(48)44(19-32(46)37(51)38(52)33(47)22-45)15-5-4-6-24-16-31(41)25(17-30(24)40)23-53-39(12-13-39)29-18-42-14-11-27(29)28-7-2-3-8-34(28)54-26-9-10-26/h2-3,7-8,11,14,16-18,26,32-33,37-38,45-47,51-52H,4-6,9-10,12-13,15,19-23H2,1H3,(H,49,50). The quantitative estimate of drug-likeness (QED) is 0.0815. The second kappa shape index (κ2) is 19.0. The maximum Gasteiger partial charge on any atom is 0.317 e. The Kier molecular flexibility index (Phi) is 14.7. The van der Waals surface area contributed by atoms with Gasteiger partial charge in [0.25, 0.3) is 0 Å². The molecule has 15 heteroatoms. The van der Waals surface area contributed by atoms with E-state index in [2.05, 4.69) is 11.1 Å². The molecule has 2 fully saturated rings. The van der Waals surface area contributed by atoms with Crippen molar-refractivity contribution in [3.8, 4) is 16.9 Å². The minimum atomic E-state index is -1.85. The van der Waals surface area contributed by atoms with Crippen LogP contribution in [-0.4, -0.2) is 128 Å². The first kappa shape index (κ1) is 41.8. The molecule has 2 aromatic carbocycles. The Hall–Kier alpha value is -3.37. The van der Waals surface area contributed by atoms with E-state index in [4.69, 9.17) is 42.9 Å². The van der Waals surface area contributed by atoms with Crippen LogP contribution in [0.25, 0.3) is 11.1 Å². The number of benzene rings is 2. The van der Waals surface area contributed by atoms with Gasteiger partial charge >= 0.3 is 5.97 Å². The highest BCUT2D eigenvalue weighted by Gasteiger charge is 2.48. The molecule has 5 rings (SSSR count). The molecule has 0 spiro atoms. The van der Waals surface area contributed by atoms with Crippen LogP contribution < -0.4 is 4.74 Å². The number of carboxylic acids is 1. The third kappa shape index (κ3) is 11.1. The Bertz CT molecular complexity index is 1740. The van der Waals surface area contributed by atoms with Gasteiger partial charge in [-0.25, -0.2) is 0 Å². The Morgan fingerprint density at radius 2 is 1.63 bits per heavy atom. The molecule has 2 aliphatic carbocycles. The van der Waals surface area contributed by atoms with Gasteiger partial charge in [0.15, 0.2) is 0 Å². The molecule has 0 bridgehead atoms. The van der Waals surface area contributed by atoms with E-state index in [0.29, 0.717) is 29.3 Å². The van der Waals surface area contributed by atoms with Crippen molar-refractivity contribution >= 4 is 35.1 Å². The Labute approximate surface area is 324 Å². The number of halogens is 2. The van der Waals surface area contributed by atoms with Crippen molar-refractivity contribution in [3.05, 3.63) is 81.6 Å². The Balaban J connectivity index is 1.19. The van der Waals surface area contributed by atoms with Crippen LogP contribution in [0.2, 0.25) is 10.0 Å². The summed E-state index contributed by atoms with van der Waals surface area (Å²) in [7, 11) is 1.46. The molecule has 1 aromatic heterocycles. The first-order valence-corrected chi connectivity index (χ1v) is 18.9. The largest absolute Gasteiger partial charge is 0.490 e. The van der Waals surface area contributed by atoms with Crippen molar-refractivity contribution < 1.29 is 49.7 Å². The number of aliphatic hydroxyl groups excluding tert-OH is 5. The van der Waals surface area contributed by atoms with Gasteiger partial charge in [-0.05, 0) is 92.9 Å². The smallest absolute Gasteiger partial charge is 0.317 e. The van der Waals surface area contributed by atoms with Gasteiger partial charge in [0.1, 0.15) is 30.2 Å². The number of likely N-dealkylation sites (N-methyl/N-ethyl adjacent to an activating group) is 1. The highest BCUT2D eigenvalue weighted by atomic mass is 35.5. The Morgan fingerprint density at radius 1 is 0.944 bits per heavy atom. The summed E-state index contributed by atoms with van der Waals surface area (Å²) < 4.78 is 12.8. The van der Waals surface area contributed by atoms with E-state index in [1.165, 1.54) is 16.8 Å². The number of aryl methyl sites for hydroxylation is 1. The molecule has 294 valence electrons. The van der Waals surface area contributed by atoms with Crippen LogP contribution in [0.1, 0.15) is 55.2 Å². The van der Waals surface area contributed by atoms with Crippen LogP contribution in [0.3, 0.4) is 0 Å². The van der Waals surface area contributed by atoms with E-state index in [9.17, 15) is 30.0 Å². The number of para-hydroxylation sites is 1. The number of carbonyl (C=O) groups excluding carboxylic acids is 1. The average molecular weight is 791 g/mol. The summed E-state index contributed by atoms with van der Waals surface area (Å²) in [6.07, 6.45) is 2.15. The summed E-state index contributed by atoms with van der Waals surface area (Å²) in [4.78, 5) is 31.2. The molecule has 1 amide bonds. The zero-order valence-corrected chi connectivity index (χ0v) is 31.7. The molecule has 4 unspecified atom stereocenters. The van der Waals surface area contributed by atoms with E-state index < -0.39 is 55.0 Å². The molecular weight excluding hydrogens is 741 g/mol. The van der Waals surface area contributed by atoms with Crippen molar-refractivity contribution in [2.24, 2.45) is 0 Å². The summed E-state index contributed by atoms with van der Waals surface area (Å²) >= 11 is 13.5. The van der Waals surface area contributed by atoms with Crippen molar-refractivity contribution in [2.75, 3.05) is 39.8 Å². The number of rotatable bonds is 22. The lowest BCUT2D eigenvalue weighted by atomic mass is 9.96. The number of aromatic nitrogens is 1. The van der Waals surface area contributed by atoms with E-state index >= 15 is 0 Å². The van der Waals surface area contributed by atoms with Gasteiger partial charge < -0.3 is 45.0 Å². The minimum absolute atomic E-state index is 0.134. The molecule has 1 heterocycles. The summed E-state index contributed by atoms with van der Waals surface area (Å²) in [5, 5.41) is 59.8. The molecular formula is C39H49Cl2N3O10. The number of aliphatic carboxylic acids is 1. The SMILES string of the molecule is CN(CC(=O)O)CC(=O)N(CCCCc1cc(Cl)c(COC2(c3cnccc3-c3ccccc3OC3CC3)CC2)cc1Cl)CC(O)C(O)C(O)C(O)CO. The monoisotopic (exact) mass is 789 g/mol. The molecule has 4 atom stereocenters. The number of hydrogen-bond donors (Lipinski definition) is 6. The van der Waals surface area contributed by atoms with E-state index in [0.717, 1.165) is 59.3 Å². The second-order valence-electron chi connectivity index (χ2n) is 14.2. The minimum Gasteiger partial charge on any atom is -0.490 e. The lowest BCUT2D eigenvalue weighted by molar-refractivity contribution is -0.142. The normalized spacial score (nSPS) is 17.1. The lowest BCUT2D eigenvalue weighted by Crippen LogP contribution is -2.52. The molecule has 6 N–H and O–H groups in total. The topological polar surface area (TPSA) is 193 Å². The van der Waals surface area contributed by atoms with Crippen LogP contribution in [0.4, 0.5) is 0 Å². The average Bonchev–Trinajstić information content (AvgIpc) is 4.10. The lowest BCUT2D eigenvalue weighted by Gasteiger charge is -2.31. The van der Waals surface area contributed by atoms with E-state index in [1.807, 2.05) is 30.5 Å². The molecule has 13 nitrogen and oxygen atoms in total. The number of aliphatic hydroxyl groups is 5. The summed E-state index contributed by atoms with van der Waals surface area (Å²) in [6, 6.07) is 13.6. The number of hydrogen-bond acceptors (Lipinski definition) is 11. The number of ether oxygens (including phenoxy) is 2. The van der Waals surface area contributed by atoms with Gasteiger partial charge in [-0.1, -0.05) is 41.4 Å².